The molecule has 13 heteroatoms. The molecule has 0 spiro atoms. The van der Waals surface area contributed by atoms with Crippen molar-refractivity contribution in [3.8, 4) is 11.5 Å². The molecule has 2 amide bonds. The van der Waals surface area contributed by atoms with Crippen LogP contribution < -0.4 is 30.0 Å². The van der Waals surface area contributed by atoms with E-state index in [2.05, 4.69) is 105 Å². The van der Waals surface area contributed by atoms with E-state index in [1.165, 1.54) is 6.42 Å². The molecule has 1 aliphatic carbocycles. The maximum atomic E-state index is 14.0. The summed E-state index contributed by atoms with van der Waals surface area (Å²) in [6.07, 6.45) is 8.69. The third-order valence-corrected chi connectivity index (χ3v) is 18.1. The molecule has 0 unspecified atom stereocenters. The maximum absolute atomic E-state index is 14.0. The van der Waals surface area contributed by atoms with Crippen LogP contribution in [0.1, 0.15) is 118 Å². The number of halogens is 1. The van der Waals surface area contributed by atoms with Gasteiger partial charge >= 0.3 is 6.03 Å². The van der Waals surface area contributed by atoms with E-state index in [9.17, 15) is 4.79 Å². The molecular weight excluding hydrogens is 764 g/mol. The number of amides is 2. The summed E-state index contributed by atoms with van der Waals surface area (Å²) in [5.41, 5.74) is 5.31. The summed E-state index contributed by atoms with van der Waals surface area (Å²) in [6, 6.07) is 17.1. The second-order valence-electron chi connectivity index (χ2n) is 17.7. The number of anilines is 1. The number of amidine groups is 1. The van der Waals surface area contributed by atoms with Gasteiger partial charge in [-0.3, -0.25) is 9.72 Å². The molecule has 4 aromatic rings. The molecule has 1 saturated heterocycles. The molecule has 1 fully saturated rings. The fourth-order valence-electron chi connectivity index (χ4n) is 8.96. The molecule has 3 heterocycles. The number of fused-ring (bicyclic) bond motifs is 2. The van der Waals surface area contributed by atoms with Crippen molar-refractivity contribution in [3.05, 3.63) is 88.7 Å². The molecule has 2 aromatic heterocycles. The molecule has 2 aromatic carbocycles. The molecule has 312 valence electrons. The van der Waals surface area contributed by atoms with Gasteiger partial charge in [0.25, 0.3) is 8.32 Å². The molecule has 0 radical (unpaired) electrons. The van der Waals surface area contributed by atoms with Crippen molar-refractivity contribution in [3.63, 3.8) is 0 Å². The van der Waals surface area contributed by atoms with Crippen molar-refractivity contribution in [2.24, 2.45) is 10.4 Å². The largest absolute Gasteiger partial charge is 0.542 e. The fraction of sp³-hybridized carbons (Fsp3) is 0.511. The number of nitrogens with one attached hydrogen (secondary N) is 3. The summed E-state index contributed by atoms with van der Waals surface area (Å²) in [5.74, 6) is 2.63. The Hall–Kier alpha value is -4.55. The van der Waals surface area contributed by atoms with Gasteiger partial charge in [0.2, 0.25) is 5.95 Å². The Labute approximate surface area is 351 Å². The first-order valence-electron chi connectivity index (χ1n) is 21.0. The summed E-state index contributed by atoms with van der Waals surface area (Å²) < 4.78 is 15.7. The van der Waals surface area contributed by atoms with Crippen LogP contribution >= 0.6 is 11.6 Å². The van der Waals surface area contributed by atoms with E-state index >= 15 is 0 Å². The lowest BCUT2D eigenvalue weighted by Gasteiger charge is -2.42. The van der Waals surface area contributed by atoms with Gasteiger partial charge in [-0.1, -0.05) is 98.2 Å². The highest BCUT2D eigenvalue weighted by atomic mass is 35.5. The Morgan fingerprint density at radius 2 is 1.62 bits per heavy atom. The Kier molecular flexibility index (Phi) is 13.5. The van der Waals surface area contributed by atoms with Gasteiger partial charge in [0.1, 0.15) is 23.4 Å². The first-order chi connectivity index (χ1) is 27.6. The van der Waals surface area contributed by atoms with Gasteiger partial charge in [0.05, 0.1) is 22.9 Å². The van der Waals surface area contributed by atoms with Crippen molar-refractivity contribution < 1.29 is 14.0 Å². The van der Waals surface area contributed by atoms with E-state index in [4.69, 9.17) is 25.8 Å². The quantitative estimate of drug-likeness (QED) is 0.0739. The minimum atomic E-state index is -2.30. The fourth-order valence-corrected chi connectivity index (χ4v) is 14.4. The zero-order valence-corrected chi connectivity index (χ0v) is 37.8. The molecule has 6 rings (SSSR count). The normalized spacial score (nSPS) is 18.1. The van der Waals surface area contributed by atoms with Gasteiger partial charge in [-0.2, -0.15) is 0 Å². The van der Waals surface area contributed by atoms with E-state index in [1.807, 2.05) is 66.2 Å². The average molecular weight is 828 g/mol. The number of benzene rings is 2. The van der Waals surface area contributed by atoms with Crippen molar-refractivity contribution in [2.75, 3.05) is 25.0 Å². The predicted molar refractivity (Wildman–Crippen MR) is 239 cm³/mol. The van der Waals surface area contributed by atoms with Crippen LogP contribution in [0.4, 0.5) is 16.4 Å². The average Bonchev–Trinajstić information content (AvgIpc) is 3.60. The topological polar surface area (TPSA) is 117 Å². The number of nitrogens with zero attached hydrogens (tertiary/aromatic N) is 5. The number of aliphatic imine (C=N–C) groups is 1. The number of allylic oxidation sites excluding steroid dienone is 1. The van der Waals surface area contributed by atoms with Gasteiger partial charge in [-0.15, -0.1) is 10.2 Å². The van der Waals surface area contributed by atoms with Crippen LogP contribution in [0.15, 0.2) is 77.6 Å². The Morgan fingerprint density at radius 3 is 2.28 bits per heavy atom. The van der Waals surface area contributed by atoms with Crippen molar-refractivity contribution in [2.45, 2.75) is 123 Å². The van der Waals surface area contributed by atoms with Crippen molar-refractivity contribution in [1.82, 2.24) is 30.5 Å². The standard InChI is InChI=1S/C45H63ClN8O3Si/c1-29(2)58(30(3)4,31(5)6)57-39-26-32(18-20-36(39)46)48-41(27-40(47-10)45(7,8)9)50-43(55)49-37-21-22-38(35-17-13-12-16-34(35)37)56-33-19-23-42-51-52-44(54(42)28-33)53-24-14-11-15-25-53/h12-13,16-20,23,26-31,37-38,47H,11,14-15,21-22,24-25H2,1-10H3,(H2,48,49,50,55)/t37-,38+/m0/s1. The van der Waals surface area contributed by atoms with E-state index in [0.29, 0.717) is 45.3 Å². The van der Waals surface area contributed by atoms with Gasteiger partial charge in [0, 0.05) is 43.4 Å². The molecule has 2 atom stereocenters. The smallest absolute Gasteiger partial charge is 0.320 e. The van der Waals surface area contributed by atoms with Crippen LogP contribution in [-0.4, -0.2) is 54.9 Å². The van der Waals surface area contributed by atoms with Crippen LogP contribution in [0.25, 0.3) is 5.65 Å². The lowest BCUT2D eigenvalue weighted by Crippen LogP contribution is -2.50. The van der Waals surface area contributed by atoms with Crippen LogP contribution in [0.2, 0.25) is 21.6 Å². The molecule has 58 heavy (non-hydrogen) atoms. The first-order valence-corrected chi connectivity index (χ1v) is 23.5. The Morgan fingerprint density at radius 1 is 0.931 bits per heavy atom. The summed E-state index contributed by atoms with van der Waals surface area (Å²) >= 11 is 6.79. The van der Waals surface area contributed by atoms with Gasteiger partial charge in [0.15, 0.2) is 5.65 Å². The number of hydrogen-bond acceptors (Lipinski definition) is 8. The van der Waals surface area contributed by atoms with E-state index in [-0.39, 0.29) is 23.6 Å². The molecule has 1 aliphatic heterocycles. The number of carbonyl (C=O) groups is 1. The van der Waals surface area contributed by atoms with Gasteiger partial charge in [-0.25, -0.2) is 9.79 Å². The number of carbonyl (C=O) groups excluding carboxylic acids is 1. The monoisotopic (exact) mass is 826 g/mol. The predicted octanol–water partition coefficient (Wildman–Crippen LogP) is 11.1. The summed E-state index contributed by atoms with van der Waals surface area (Å²) in [4.78, 5) is 21.3. The number of hydrogen-bond donors (Lipinski definition) is 3. The SMILES string of the molecule is CNC(=CC(=Nc1ccc(Cl)c(O[Si](C(C)C)(C(C)C)C(C)C)c1)NC(=O)N[C@H]1CC[C@@H](Oc2ccc3nnc(N4CCCCC4)n3c2)c2ccccc21)C(C)(C)C. The minimum Gasteiger partial charge on any atom is -0.542 e. The summed E-state index contributed by atoms with van der Waals surface area (Å²) in [5, 5.41) is 19.1. The van der Waals surface area contributed by atoms with Crippen LogP contribution in [0, 0.1) is 5.41 Å². The Balaban J connectivity index is 1.23. The van der Waals surface area contributed by atoms with Crippen LogP contribution in [-0.2, 0) is 0 Å². The zero-order valence-electron chi connectivity index (χ0n) is 36.0. The van der Waals surface area contributed by atoms with E-state index < -0.39 is 8.32 Å². The number of urea groups is 1. The summed E-state index contributed by atoms with van der Waals surface area (Å²) in [6.45, 7) is 21.8. The number of ether oxygens (including phenoxy) is 1. The second kappa shape index (κ2) is 18.2. The number of aromatic nitrogens is 3. The van der Waals surface area contributed by atoms with Crippen LogP contribution in [0.3, 0.4) is 0 Å². The van der Waals surface area contributed by atoms with Crippen LogP contribution in [0.5, 0.6) is 11.5 Å². The Bertz CT molecular complexity index is 2100. The molecule has 0 saturated carbocycles. The minimum absolute atomic E-state index is 0.181. The molecule has 2 aliphatic rings. The highest BCUT2D eigenvalue weighted by molar-refractivity contribution is 6.78. The third kappa shape index (κ3) is 9.49. The van der Waals surface area contributed by atoms with E-state index in [1.54, 1.807) is 0 Å². The molecule has 0 bridgehead atoms. The van der Waals surface area contributed by atoms with Crippen molar-refractivity contribution in [1.29, 1.82) is 0 Å². The van der Waals surface area contributed by atoms with Gasteiger partial charge < -0.3 is 24.7 Å². The highest BCUT2D eigenvalue weighted by Gasteiger charge is 2.47. The first kappa shape index (κ1) is 43.0. The molecule has 11 nitrogen and oxygen atoms in total. The van der Waals surface area contributed by atoms with Crippen molar-refractivity contribution >= 4 is 49.1 Å². The lowest BCUT2D eigenvalue weighted by molar-refractivity contribution is 0.171. The van der Waals surface area contributed by atoms with Gasteiger partial charge in [-0.05, 0) is 84.1 Å². The lowest BCUT2D eigenvalue weighted by atomic mass is 9.85. The molecule has 3 N–H and O–H groups in total. The third-order valence-electron chi connectivity index (χ3n) is 11.8. The summed E-state index contributed by atoms with van der Waals surface area (Å²) in [7, 11) is -0.414. The number of pyridine rings is 1. The zero-order chi connectivity index (χ0) is 41.8. The number of piperidine rings is 1. The second-order valence-corrected chi connectivity index (χ2v) is 23.5. The maximum Gasteiger partial charge on any atom is 0.320 e. The number of rotatable bonds is 12. The van der Waals surface area contributed by atoms with E-state index in [0.717, 1.165) is 66.5 Å². The molecular formula is C45H63ClN8O3Si. The highest BCUT2D eigenvalue weighted by Crippen LogP contribution is 2.45.